The van der Waals surface area contributed by atoms with E-state index in [1.165, 1.54) is 6.20 Å². The number of nitrogens with two attached hydrogens (primary N) is 1. The maximum atomic E-state index is 12.8. The fourth-order valence-corrected chi connectivity index (χ4v) is 4.56. The Labute approximate surface area is 289 Å². The van der Waals surface area contributed by atoms with Crippen LogP contribution in [-0.2, 0) is 16.2 Å². The van der Waals surface area contributed by atoms with Crippen molar-refractivity contribution in [2.24, 2.45) is 10.3 Å². The highest BCUT2D eigenvalue weighted by atomic mass is 16.6. The number of hydroxylamine groups is 1. The van der Waals surface area contributed by atoms with Crippen molar-refractivity contribution in [3.05, 3.63) is 52.1 Å². The molecule has 0 fully saturated rings. The molecule has 0 bridgehead atoms. The van der Waals surface area contributed by atoms with Gasteiger partial charge in [-0.05, 0) is 72.2 Å². The largest absolute Gasteiger partial charge is 0.411 e. The first-order valence-electron chi connectivity index (χ1n) is 16.1. The summed E-state index contributed by atoms with van der Waals surface area (Å²) in [6, 6.07) is 6.60. The van der Waals surface area contributed by atoms with Crippen molar-refractivity contribution in [1.29, 1.82) is 0 Å². The van der Waals surface area contributed by atoms with Crippen LogP contribution in [0.15, 0.2) is 45.6 Å². The number of rotatable bonds is 19. The second-order valence-corrected chi connectivity index (χ2v) is 12.8. The van der Waals surface area contributed by atoms with Crippen LogP contribution in [0.5, 0.6) is 0 Å². The van der Waals surface area contributed by atoms with Crippen LogP contribution in [0.3, 0.4) is 0 Å². The monoisotopic (exact) mass is 696 g/mol. The number of anilines is 2. The maximum absolute atomic E-state index is 12.8. The molecule has 1 unspecified atom stereocenters. The van der Waals surface area contributed by atoms with Crippen molar-refractivity contribution in [1.82, 2.24) is 41.4 Å². The molecule has 2 heterocycles. The number of H-pyrrole nitrogens is 1. The van der Waals surface area contributed by atoms with E-state index >= 15 is 0 Å². The number of hydrogen-bond donors (Lipinski definition) is 9. The second kappa shape index (κ2) is 18.0. The zero-order chi connectivity index (χ0) is 36.9. The highest BCUT2D eigenvalue weighted by molar-refractivity contribution is 5.95. The first-order chi connectivity index (χ1) is 23.6. The van der Waals surface area contributed by atoms with Gasteiger partial charge in [0.2, 0.25) is 11.9 Å². The van der Waals surface area contributed by atoms with Crippen LogP contribution in [0.2, 0.25) is 0 Å². The molecule has 2 aromatic heterocycles. The van der Waals surface area contributed by atoms with Gasteiger partial charge in [-0.25, -0.2) is 9.97 Å². The Morgan fingerprint density at radius 2 is 1.76 bits per heavy atom. The van der Waals surface area contributed by atoms with E-state index in [4.69, 9.17) is 15.8 Å². The van der Waals surface area contributed by atoms with Gasteiger partial charge in [-0.15, -0.1) is 0 Å². The highest BCUT2D eigenvalue weighted by Crippen LogP contribution is 2.13. The van der Waals surface area contributed by atoms with Gasteiger partial charge >= 0.3 is 0 Å². The molecule has 0 aliphatic carbocycles. The van der Waals surface area contributed by atoms with E-state index in [9.17, 15) is 19.6 Å². The predicted molar refractivity (Wildman–Crippen MR) is 189 cm³/mol. The zero-order valence-electron chi connectivity index (χ0n) is 29.3. The molecule has 18 nitrogen and oxygen atoms in total. The third-order valence-corrected chi connectivity index (χ3v) is 7.97. The van der Waals surface area contributed by atoms with Crippen LogP contribution in [0.1, 0.15) is 76.9 Å². The second-order valence-electron chi connectivity index (χ2n) is 12.8. The predicted octanol–water partition coefficient (Wildman–Crippen LogP) is 1.66. The van der Waals surface area contributed by atoms with Crippen LogP contribution in [0.25, 0.3) is 11.2 Å². The molecule has 1 aromatic carbocycles. The Morgan fingerprint density at radius 3 is 2.44 bits per heavy atom. The van der Waals surface area contributed by atoms with Gasteiger partial charge in [0, 0.05) is 43.2 Å². The lowest BCUT2D eigenvalue weighted by Crippen LogP contribution is -2.50. The number of fused-ring (bicyclic) bond motifs is 1. The summed E-state index contributed by atoms with van der Waals surface area (Å²) in [4.78, 5) is 57.6. The number of aromatic nitrogens is 4. The minimum Gasteiger partial charge on any atom is -0.411 e. The molecule has 0 radical (unpaired) electrons. The number of nitrogen functional groups attached to an aromatic ring is 1. The van der Waals surface area contributed by atoms with E-state index in [-0.39, 0.29) is 54.5 Å². The Morgan fingerprint density at radius 1 is 1.04 bits per heavy atom. The van der Waals surface area contributed by atoms with E-state index in [0.29, 0.717) is 48.7 Å². The number of oxime groups is 2. The molecule has 272 valence electrons. The van der Waals surface area contributed by atoms with Gasteiger partial charge in [-0.2, -0.15) is 10.5 Å². The number of aromatic amines is 1. The lowest BCUT2D eigenvalue weighted by molar-refractivity contribution is -0.121. The zero-order valence-corrected chi connectivity index (χ0v) is 29.3. The molecule has 10 N–H and O–H groups in total. The molecule has 2 amide bonds. The summed E-state index contributed by atoms with van der Waals surface area (Å²) in [6.45, 7) is 12.1. The van der Waals surface area contributed by atoms with Crippen molar-refractivity contribution in [3.63, 3.8) is 0 Å². The minimum atomic E-state index is -0.671. The molecular formula is C32H48N12O6. The SMILES string of the molecule is C/C(=N/O)C(C)(C)NOCCNC(C)(C)/C(CCNC(=O)CCC(C)NC(=O)c1ccc(NCc2cnc3nc(N)[nH]c(=O)c3n2)cc1)=N\O. The number of carbonyl (C=O) groups is 2. The smallest absolute Gasteiger partial charge is 0.280 e. The first kappa shape index (κ1) is 39.2. The lowest BCUT2D eigenvalue weighted by atomic mass is 9.95. The number of hydrogen-bond acceptors (Lipinski definition) is 15. The number of carbonyl (C=O) groups excluding carboxylic acids is 2. The summed E-state index contributed by atoms with van der Waals surface area (Å²) in [6.07, 6.45) is 2.45. The average molecular weight is 697 g/mol. The van der Waals surface area contributed by atoms with Crippen molar-refractivity contribution in [2.45, 2.75) is 84.5 Å². The lowest BCUT2D eigenvalue weighted by Gasteiger charge is -2.28. The van der Waals surface area contributed by atoms with Gasteiger partial charge in [0.15, 0.2) is 11.2 Å². The molecule has 0 saturated heterocycles. The van der Waals surface area contributed by atoms with E-state index in [1.807, 2.05) is 34.6 Å². The molecule has 3 aromatic rings. The van der Waals surface area contributed by atoms with E-state index < -0.39 is 16.6 Å². The summed E-state index contributed by atoms with van der Waals surface area (Å²) in [5.74, 6) is -0.487. The van der Waals surface area contributed by atoms with Gasteiger partial charge < -0.3 is 37.4 Å². The summed E-state index contributed by atoms with van der Waals surface area (Å²) >= 11 is 0. The van der Waals surface area contributed by atoms with E-state index in [1.54, 1.807) is 31.2 Å². The van der Waals surface area contributed by atoms with Crippen molar-refractivity contribution in [3.8, 4) is 0 Å². The molecule has 50 heavy (non-hydrogen) atoms. The van der Waals surface area contributed by atoms with E-state index in [2.05, 4.69) is 57.0 Å². The standard InChI is InChI=1S/C32H48N12O6/c1-19(7-12-25(45)34-14-13-24(43-49)32(5,6)37-15-16-50-44-31(3,4)20(2)42-48)38-28(46)21-8-10-22(11-9-21)35-17-23-18-36-27-26(39-23)29(47)41-30(33)40-27/h8-11,18-19,35,37,44,48-49H,7,12-17H2,1-6H3,(H,34,45)(H,38,46)(H3,33,36,40,41,47)/b42-20-,43-24-. The molecule has 3 rings (SSSR count). The quantitative estimate of drug-likeness (QED) is 0.0374. The van der Waals surface area contributed by atoms with Gasteiger partial charge in [-0.1, -0.05) is 10.3 Å². The number of nitrogens with zero attached hydrogens (tertiary/aromatic N) is 5. The topological polar surface area (TPSA) is 266 Å². The summed E-state index contributed by atoms with van der Waals surface area (Å²) < 4.78 is 0. The van der Waals surface area contributed by atoms with Crippen LogP contribution >= 0.6 is 0 Å². The Hall–Kier alpha value is -5.20. The molecule has 0 spiro atoms. The summed E-state index contributed by atoms with van der Waals surface area (Å²) in [5, 5.41) is 37.4. The van der Waals surface area contributed by atoms with Crippen molar-refractivity contribution >= 4 is 46.0 Å². The normalized spacial score (nSPS) is 13.2. The van der Waals surface area contributed by atoms with Crippen LogP contribution < -0.4 is 38.0 Å². The van der Waals surface area contributed by atoms with E-state index in [0.717, 1.165) is 5.69 Å². The number of amides is 2. The third-order valence-electron chi connectivity index (χ3n) is 7.97. The Kier molecular flexibility index (Phi) is 14.1. The van der Waals surface area contributed by atoms with Gasteiger partial charge in [0.05, 0.1) is 47.5 Å². The Balaban J connectivity index is 1.35. The summed E-state index contributed by atoms with van der Waals surface area (Å²) in [7, 11) is 0. The highest BCUT2D eigenvalue weighted by Gasteiger charge is 2.26. The molecule has 0 aliphatic heterocycles. The van der Waals surface area contributed by atoms with Crippen LogP contribution in [-0.4, -0.2) is 90.4 Å². The fraction of sp³-hybridized carbons (Fsp3) is 0.500. The molecular weight excluding hydrogens is 648 g/mol. The molecule has 1 atom stereocenters. The van der Waals surface area contributed by atoms with Crippen LogP contribution in [0.4, 0.5) is 11.6 Å². The van der Waals surface area contributed by atoms with Crippen molar-refractivity contribution < 1.29 is 24.8 Å². The third kappa shape index (κ3) is 11.7. The molecule has 0 aliphatic rings. The minimum absolute atomic E-state index is 0.0309. The first-order valence-corrected chi connectivity index (χ1v) is 16.1. The molecule has 0 saturated carbocycles. The number of benzene rings is 1. The average Bonchev–Trinajstić information content (AvgIpc) is 3.07. The molecule has 18 heteroatoms. The fourth-order valence-electron chi connectivity index (χ4n) is 4.56. The Bertz CT molecular complexity index is 1720. The van der Waals surface area contributed by atoms with Gasteiger partial charge in [-0.3, -0.25) is 24.2 Å². The van der Waals surface area contributed by atoms with Gasteiger partial charge in [0.25, 0.3) is 11.5 Å². The van der Waals surface area contributed by atoms with Crippen molar-refractivity contribution in [2.75, 3.05) is 30.7 Å². The summed E-state index contributed by atoms with van der Waals surface area (Å²) in [5.41, 5.74) is 9.49. The van der Waals surface area contributed by atoms with Gasteiger partial charge in [0.1, 0.15) is 0 Å². The number of nitrogens with one attached hydrogen (secondary N) is 6. The van der Waals surface area contributed by atoms with Crippen LogP contribution in [0, 0.1) is 0 Å². The maximum Gasteiger partial charge on any atom is 0.280 e.